The Morgan fingerprint density at radius 3 is 2.91 bits per heavy atom. The Morgan fingerprint density at radius 1 is 1.19 bits per heavy atom. The zero-order chi connectivity index (χ0) is 21.7. The van der Waals surface area contributed by atoms with Gasteiger partial charge < -0.3 is 14.3 Å². The molecule has 11 nitrogen and oxygen atoms in total. The van der Waals surface area contributed by atoms with Crippen LogP contribution in [-0.2, 0) is 6.42 Å². The average molecular weight is 431 g/mol. The Labute approximate surface area is 179 Å². The number of nitrogens with zero attached hydrogens (tertiary/aromatic N) is 8. The van der Waals surface area contributed by atoms with Crippen molar-refractivity contribution < 1.29 is 13.6 Å². The van der Waals surface area contributed by atoms with Crippen LogP contribution in [0.15, 0.2) is 53.6 Å². The number of amides is 1. The lowest BCUT2D eigenvalue weighted by atomic mass is 9.99. The Balaban J connectivity index is 1.41. The summed E-state index contributed by atoms with van der Waals surface area (Å²) in [5.41, 5.74) is 2.31. The van der Waals surface area contributed by atoms with Gasteiger partial charge in [0.05, 0.1) is 17.7 Å². The van der Waals surface area contributed by atoms with Crippen molar-refractivity contribution in [3.05, 3.63) is 78.0 Å². The molecule has 5 aromatic rings. The van der Waals surface area contributed by atoms with Gasteiger partial charge in [-0.25, -0.2) is 23.9 Å². The van der Waals surface area contributed by atoms with E-state index in [9.17, 15) is 9.18 Å². The van der Waals surface area contributed by atoms with Crippen LogP contribution in [0.4, 0.5) is 4.39 Å². The van der Waals surface area contributed by atoms with Gasteiger partial charge in [-0.15, -0.1) is 10.2 Å². The third-order valence-corrected chi connectivity index (χ3v) is 5.30. The van der Waals surface area contributed by atoms with E-state index < -0.39 is 17.8 Å². The van der Waals surface area contributed by atoms with Gasteiger partial charge >= 0.3 is 11.8 Å². The molecular formula is C20H14FN9O2. The minimum Gasteiger partial charge on any atom is -0.409 e. The lowest BCUT2D eigenvalue weighted by Gasteiger charge is -2.32. The number of nitrogens with one attached hydrogen (secondary N) is 1. The SMILES string of the molecule is O=C(c1nnc(-c2ncccn2)o1)N1CCc2[nH]cnc2[C@@H]1c1cc2c(F)cccn2n1. The molecule has 0 aromatic carbocycles. The topological polar surface area (TPSA) is 131 Å². The van der Waals surface area contributed by atoms with Crippen LogP contribution in [0.25, 0.3) is 17.2 Å². The zero-order valence-corrected chi connectivity index (χ0v) is 16.4. The molecule has 0 unspecified atom stereocenters. The standard InChI is InChI=1S/C20H14FN9O2/c21-11-3-1-7-30-14(11)9-13(28-30)16-15-12(24-10-25-15)4-8-29(16)20(31)19-27-26-18(32-19)17-22-5-2-6-23-17/h1-3,5-7,9-10,16H,4,8H2,(H,24,25)/t16-/m0/s1. The van der Waals surface area contributed by atoms with Crippen molar-refractivity contribution in [1.29, 1.82) is 0 Å². The average Bonchev–Trinajstić information content (AvgIpc) is 3.58. The van der Waals surface area contributed by atoms with Crippen molar-refractivity contribution in [2.24, 2.45) is 0 Å². The second kappa shape index (κ2) is 7.04. The fourth-order valence-corrected chi connectivity index (χ4v) is 3.86. The fraction of sp³-hybridized carbons (Fsp3) is 0.150. The Morgan fingerprint density at radius 2 is 2.06 bits per heavy atom. The van der Waals surface area contributed by atoms with Gasteiger partial charge in [-0.1, -0.05) is 0 Å². The molecule has 1 atom stereocenters. The first kappa shape index (κ1) is 18.3. The van der Waals surface area contributed by atoms with E-state index in [-0.39, 0.29) is 17.6 Å². The molecule has 1 aliphatic heterocycles. The number of aromatic nitrogens is 8. The number of pyridine rings is 1. The van der Waals surface area contributed by atoms with E-state index in [2.05, 4.69) is 35.2 Å². The number of halogens is 1. The van der Waals surface area contributed by atoms with Gasteiger partial charge in [-0.2, -0.15) is 5.10 Å². The molecule has 0 saturated carbocycles. The Hall–Kier alpha value is -4.48. The van der Waals surface area contributed by atoms with E-state index in [0.29, 0.717) is 29.9 Å². The number of hydrogen-bond donors (Lipinski definition) is 1. The van der Waals surface area contributed by atoms with E-state index in [1.807, 2.05) is 0 Å². The molecule has 0 saturated heterocycles. The molecule has 0 radical (unpaired) electrons. The number of carbonyl (C=O) groups excluding carboxylic acids is 1. The number of carbonyl (C=O) groups is 1. The van der Waals surface area contributed by atoms with Crippen molar-refractivity contribution in [3.8, 4) is 11.7 Å². The van der Waals surface area contributed by atoms with Crippen LogP contribution >= 0.6 is 0 Å². The smallest absolute Gasteiger partial charge is 0.312 e. The number of fused-ring (bicyclic) bond motifs is 2. The van der Waals surface area contributed by atoms with Gasteiger partial charge in [0.2, 0.25) is 5.82 Å². The summed E-state index contributed by atoms with van der Waals surface area (Å²) in [7, 11) is 0. The number of imidazole rings is 1. The third kappa shape index (κ3) is 2.84. The molecule has 158 valence electrons. The van der Waals surface area contributed by atoms with E-state index >= 15 is 0 Å². The highest BCUT2D eigenvalue weighted by Gasteiger charge is 2.38. The maximum Gasteiger partial charge on any atom is 0.312 e. The number of rotatable bonds is 3. The van der Waals surface area contributed by atoms with Crippen LogP contribution in [0.2, 0.25) is 0 Å². The van der Waals surface area contributed by atoms with Gasteiger partial charge in [0.15, 0.2) is 0 Å². The first-order valence-electron chi connectivity index (χ1n) is 9.77. The Bertz CT molecular complexity index is 1440. The minimum atomic E-state index is -0.653. The third-order valence-electron chi connectivity index (χ3n) is 5.30. The molecule has 6 rings (SSSR count). The lowest BCUT2D eigenvalue weighted by Crippen LogP contribution is -2.41. The molecule has 6 heterocycles. The normalized spacial score (nSPS) is 15.8. The number of H-pyrrole nitrogens is 1. The molecule has 1 amide bonds. The molecule has 1 aliphatic rings. The van der Waals surface area contributed by atoms with E-state index in [4.69, 9.17) is 4.42 Å². The Kier molecular flexibility index (Phi) is 4.03. The summed E-state index contributed by atoms with van der Waals surface area (Å²) < 4.78 is 21.3. The molecule has 1 N–H and O–H groups in total. The van der Waals surface area contributed by atoms with Crippen molar-refractivity contribution in [1.82, 2.24) is 44.6 Å². The van der Waals surface area contributed by atoms with Gasteiger partial charge in [-0.05, 0) is 24.3 Å². The molecule has 32 heavy (non-hydrogen) atoms. The molecule has 12 heteroatoms. The van der Waals surface area contributed by atoms with Crippen molar-refractivity contribution in [3.63, 3.8) is 0 Å². The van der Waals surface area contributed by atoms with E-state index in [0.717, 1.165) is 5.69 Å². The van der Waals surface area contributed by atoms with Crippen molar-refractivity contribution in [2.75, 3.05) is 6.54 Å². The van der Waals surface area contributed by atoms with Crippen LogP contribution in [0.1, 0.15) is 33.8 Å². The van der Waals surface area contributed by atoms with Gasteiger partial charge in [0.1, 0.15) is 17.4 Å². The number of hydrogen-bond acceptors (Lipinski definition) is 8. The van der Waals surface area contributed by atoms with Gasteiger partial charge in [0.25, 0.3) is 5.89 Å². The molecular weight excluding hydrogens is 417 g/mol. The molecule has 0 aliphatic carbocycles. The first-order chi connectivity index (χ1) is 15.7. The maximum atomic E-state index is 14.3. The predicted octanol–water partition coefficient (Wildman–Crippen LogP) is 1.82. The molecule has 0 spiro atoms. The van der Waals surface area contributed by atoms with Crippen molar-refractivity contribution >= 4 is 11.4 Å². The zero-order valence-electron chi connectivity index (χ0n) is 16.4. The second-order valence-electron chi connectivity index (χ2n) is 7.16. The highest BCUT2D eigenvalue weighted by molar-refractivity contribution is 5.90. The van der Waals surface area contributed by atoms with Gasteiger partial charge in [0, 0.05) is 37.3 Å². The van der Waals surface area contributed by atoms with E-state index in [1.54, 1.807) is 35.6 Å². The monoisotopic (exact) mass is 431 g/mol. The van der Waals surface area contributed by atoms with Crippen LogP contribution in [0.3, 0.4) is 0 Å². The van der Waals surface area contributed by atoms with Crippen molar-refractivity contribution in [2.45, 2.75) is 12.5 Å². The quantitative estimate of drug-likeness (QED) is 0.458. The highest BCUT2D eigenvalue weighted by Crippen LogP contribution is 2.34. The predicted molar refractivity (Wildman–Crippen MR) is 106 cm³/mol. The van der Waals surface area contributed by atoms with Crippen LogP contribution in [0.5, 0.6) is 0 Å². The molecule has 5 aromatic heterocycles. The lowest BCUT2D eigenvalue weighted by molar-refractivity contribution is 0.0646. The van der Waals surface area contributed by atoms with Crippen LogP contribution < -0.4 is 0 Å². The fourth-order valence-electron chi connectivity index (χ4n) is 3.86. The second-order valence-corrected chi connectivity index (χ2v) is 7.16. The molecule has 0 bridgehead atoms. The summed E-state index contributed by atoms with van der Waals surface area (Å²) in [4.78, 5) is 30.6. The first-order valence-corrected chi connectivity index (χ1v) is 9.77. The summed E-state index contributed by atoms with van der Waals surface area (Å²) >= 11 is 0. The minimum absolute atomic E-state index is 0.0396. The largest absolute Gasteiger partial charge is 0.409 e. The highest BCUT2D eigenvalue weighted by atomic mass is 19.1. The summed E-state index contributed by atoms with van der Waals surface area (Å²) in [6, 6.07) is 5.54. The van der Waals surface area contributed by atoms with Crippen LogP contribution in [0, 0.1) is 5.82 Å². The molecule has 0 fully saturated rings. The summed E-state index contributed by atoms with van der Waals surface area (Å²) in [5, 5.41) is 12.3. The summed E-state index contributed by atoms with van der Waals surface area (Å²) in [6.45, 7) is 0.356. The number of aromatic amines is 1. The van der Waals surface area contributed by atoms with E-state index in [1.165, 1.54) is 23.0 Å². The summed E-state index contributed by atoms with van der Waals surface area (Å²) in [6.07, 6.45) is 6.85. The maximum absolute atomic E-state index is 14.3. The summed E-state index contributed by atoms with van der Waals surface area (Å²) in [5.74, 6) is -0.841. The van der Waals surface area contributed by atoms with Crippen LogP contribution in [-0.4, -0.2) is 57.1 Å². The van der Waals surface area contributed by atoms with Gasteiger partial charge in [-0.3, -0.25) is 4.79 Å².